The molecular weight excluding hydrogens is 346 g/mol. The van der Waals surface area contributed by atoms with Crippen molar-refractivity contribution >= 4 is 11.8 Å². The van der Waals surface area contributed by atoms with E-state index in [2.05, 4.69) is 30.7 Å². The monoisotopic (exact) mass is 375 g/mol. The van der Waals surface area contributed by atoms with Gasteiger partial charge in [-0.25, -0.2) is 0 Å². The highest BCUT2D eigenvalue weighted by atomic mass is 32.2. The lowest BCUT2D eigenvalue weighted by atomic mass is 10.1. The number of unbranched alkanes of at least 4 members (excludes halogenated alkanes) is 1. The van der Waals surface area contributed by atoms with Crippen LogP contribution < -0.4 is 5.56 Å². The lowest BCUT2D eigenvalue weighted by Crippen LogP contribution is -2.27. The highest BCUT2D eigenvalue weighted by molar-refractivity contribution is 7.99. The number of thioether (sulfide) groups is 1. The molecular formula is C20H29N3O2S. The second kappa shape index (κ2) is 10.4. The third-order valence-electron chi connectivity index (χ3n) is 4.45. The molecule has 142 valence electrons. The molecule has 1 aromatic heterocycles. The van der Waals surface area contributed by atoms with E-state index in [1.807, 2.05) is 30.3 Å². The summed E-state index contributed by atoms with van der Waals surface area (Å²) in [6.45, 7) is 9.26. The summed E-state index contributed by atoms with van der Waals surface area (Å²) in [6, 6.07) is 9.54. The first-order chi connectivity index (χ1) is 12.6. The van der Waals surface area contributed by atoms with Crippen LogP contribution in [-0.4, -0.2) is 44.9 Å². The first-order valence-electron chi connectivity index (χ1n) is 9.37. The molecule has 0 bridgehead atoms. The van der Waals surface area contributed by atoms with Gasteiger partial charge in [-0.05, 0) is 38.1 Å². The molecule has 0 aliphatic heterocycles. The summed E-state index contributed by atoms with van der Waals surface area (Å²) in [7, 11) is 0. The molecule has 0 aliphatic carbocycles. The maximum atomic E-state index is 13.1. The first kappa shape index (κ1) is 20.5. The Morgan fingerprint density at radius 1 is 1.15 bits per heavy atom. The molecule has 0 saturated heterocycles. The third kappa shape index (κ3) is 5.11. The predicted octanol–water partition coefficient (Wildman–Crippen LogP) is 3.71. The molecule has 0 unspecified atom stereocenters. The van der Waals surface area contributed by atoms with E-state index >= 15 is 0 Å². The zero-order valence-corrected chi connectivity index (χ0v) is 16.8. The van der Waals surface area contributed by atoms with E-state index in [1.165, 1.54) is 11.8 Å². The summed E-state index contributed by atoms with van der Waals surface area (Å²) in [4.78, 5) is 19.8. The van der Waals surface area contributed by atoms with Gasteiger partial charge in [-0.15, -0.1) is 0 Å². The van der Waals surface area contributed by atoms with Crippen molar-refractivity contribution in [2.45, 2.75) is 45.2 Å². The number of benzene rings is 1. The van der Waals surface area contributed by atoms with Crippen molar-refractivity contribution < 1.29 is 5.11 Å². The lowest BCUT2D eigenvalue weighted by Gasteiger charge is -2.18. The van der Waals surface area contributed by atoms with Gasteiger partial charge in [0.1, 0.15) is 0 Å². The van der Waals surface area contributed by atoms with E-state index in [0.717, 1.165) is 43.9 Å². The van der Waals surface area contributed by atoms with Crippen LogP contribution in [-0.2, 0) is 6.42 Å². The molecule has 26 heavy (non-hydrogen) atoms. The maximum absolute atomic E-state index is 13.1. The van der Waals surface area contributed by atoms with E-state index in [-0.39, 0.29) is 11.4 Å². The van der Waals surface area contributed by atoms with Gasteiger partial charge in [-0.1, -0.05) is 57.2 Å². The molecule has 0 radical (unpaired) electrons. The van der Waals surface area contributed by atoms with Gasteiger partial charge in [0.25, 0.3) is 5.56 Å². The highest BCUT2D eigenvalue weighted by Gasteiger charge is 2.17. The number of nitrogens with zero attached hydrogens (tertiary/aromatic N) is 3. The fourth-order valence-electron chi connectivity index (χ4n) is 2.81. The summed E-state index contributed by atoms with van der Waals surface area (Å²) >= 11 is 1.51. The number of hydrogen-bond acceptors (Lipinski definition) is 5. The van der Waals surface area contributed by atoms with Crippen LogP contribution in [0.4, 0.5) is 0 Å². The van der Waals surface area contributed by atoms with Crippen molar-refractivity contribution in [1.29, 1.82) is 0 Å². The molecule has 0 spiro atoms. The van der Waals surface area contributed by atoms with Crippen LogP contribution in [0.15, 0.2) is 40.3 Å². The van der Waals surface area contributed by atoms with Crippen LogP contribution in [0.25, 0.3) is 5.69 Å². The molecule has 0 atom stereocenters. The normalized spacial score (nSPS) is 11.2. The number of aromatic hydroxyl groups is 1. The van der Waals surface area contributed by atoms with Crippen LogP contribution in [0.2, 0.25) is 0 Å². The Balaban J connectivity index is 2.38. The average molecular weight is 376 g/mol. The fraction of sp³-hybridized carbons (Fsp3) is 0.500. The summed E-state index contributed by atoms with van der Waals surface area (Å²) < 4.78 is 1.64. The first-order valence-corrected chi connectivity index (χ1v) is 10.4. The zero-order valence-electron chi connectivity index (χ0n) is 15.9. The Labute approximate surface area is 160 Å². The van der Waals surface area contributed by atoms with Gasteiger partial charge < -0.3 is 10.0 Å². The minimum atomic E-state index is -0.164. The molecule has 0 aliphatic rings. The number of rotatable bonds is 10. The van der Waals surface area contributed by atoms with E-state index in [9.17, 15) is 9.90 Å². The predicted molar refractivity (Wildman–Crippen MR) is 109 cm³/mol. The second-order valence-electron chi connectivity index (χ2n) is 6.15. The van der Waals surface area contributed by atoms with Gasteiger partial charge in [0, 0.05) is 12.3 Å². The summed E-state index contributed by atoms with van der Waals surface area (Å²) in [5.41, 5.74) is 1.03. The minimum Gasteiger partial charge on any atom is -0.493 e. The van der Waals surface area contributed by atoms with Crippen molar-refractivity contribution in [3.05, 3.63) is 46.2 Å². The van der Waals surface area contributed by atoms with Gasteiger partial charge in [0.05, 0.1) is 11.3 Å². The molecule has 6 heteroatoms. The molecule has 5 nitrogen and oxygen atoms in total. The minimum absolute atomic E-state index is 0.124. The lowest BCUT2D eigenvalue weighted by molar-refractivity contribution is 0.323. The van der Waals surface area contributed by atoms with Crippen molar-refractivity contribution in [2.75, 3.05) is 25.4 Å². The van der Waals surface area contributed by atoms with Crippen molar-refractivity contribution in [3.8, 4) is 11.6 Å². The van der Waals surface area contributed by atoms with E-state index in [1.54, 1.807) is 4.57 Å². The van der Waals surface area contributed by atoms with Crippen LogP contribution >= 0.6 is 11.8 Å². The fourth-order valence-corrected chi connectivity index (χ4v) is 3.81. The Morgan fingerprint density at radius 3 is 2.46 bits per heavy atom. The third-order valence-corrected chi connectivity index (χ3v) is 5.37. The molecule has 1 aromatic carbocycles. The molecule has 0 fully saturated rings. The average Bonchev–Trinajstić information content (AvgIpc) is 2.65. The van der Waals surface area contributed by atoms with Gasteiger partial charge >= 0.3 is 0 Å². The van der Waals surface area contributed by atoms with Crippen LogP contribution in [0.5, 0.6) is 5.88 Å². The number of hydrogen-bond donors (Lipinski definition) is 1. The van der Waals surface area contributed by atoms with Gasteiger partial charge in [0.15, 0.2) is 5.16 Å². The van der Waals surface area contributed by atoms with Crippen LogP contribution in [0.1, 0.15) is 39.2 Å². The topological polar surface area (TPSA) is 58.4 Å². The number of aromatic nitrogens is 2. The summed E-state index contributed by atoms with van der Waals surface area (Å²) in [5, 5.41) is 10.9. The van der Waals surface area contributed by atoms with Crippen molar-refractivity contribution in [3.63, 3.8) is 0 Å². The van der Waals surface area contributed by atoms with Gasteiger partial charge in [0.2, 0.25) is 5.88 Å². The summed E-state index contributed by atoms with van der Waals surface area (Å²) in [6.07, 6.45) is 2.36. The maximum Gasteiger partial charge on any atom is 0.265 e. The standard InChI is InChI=1S/C20H29N3O2S/c1-4-7-13-17-18(24)21-20(26-15-14-22(5-2)6-3)23(19(17)25)16-11-9-8-10-12-16/h8-12,24H,4-7,13-15H2,1-3H3. The molecule has 1 heterocycles. The SMILES string of the molecule is CCCCc1c(O)nc(SCCN(CC)CC)n(-c2ccccc2)c1=O. The highest BCUT2D eigenvalue weighted by Crippen LogP contribution is 2.23. The van der Waals surface area contributed by atoms with E-state index in [4.69, 9.17) is 0 Å². The smallest absolute Gasteiger partial charge is 0.265 e. The Hall–Kier alpha value is -1.79. The zero-order chi connectivity index (χ0) is 18.9. The largest absolute Gasteiger partial charge is 0.493 e. The second-order valence-corrected chi connectivity index (χ2v) is 7.21. The Morgan fingerprint density at radius 2 is 1.85 bits per heavy atom. The van der Waals surface area contributed by atoms with Crippen LogP contribution in [0, 0.1) is 0 Å². The van der Waals surface area contributed by atoms with Gasteiger partial charge in [-0.2, -0.15) is 4.98 Å². The molecule has 1 N–H and O–H groups in total. The molecule has 0 saturated carbocycles. The number of para-hydroxylation sites is 1. The quantitative estimate of drug-likeness (QED) is 0.507. The van der Waals surface area contributed by atoms with Crippen LogP contribution in [0.3, 0.4) is 0 Å². The Kier molecular flexibility index (Phi) is 8.19. The Bertz CT molecular complexity index is 743. The van der Waals surface area contributed by atoms with E-state index < -0.39 is 0 Å². The van der Waals surface area contributed by atoms with Gasteiger partial charge in [-0.3, -0.25) is 9.36 Å². The van der Waals surface area contributed by atoms with Crippen molar-refractivity contribution in [1.82, 2.24) is 14.5 Å². The molecule has 2 aromatic rings. The molecule has 0 amide bonds. The van der Waals surface area contributed by atoms with E-state index in [0.29, 0.717) is 17.1 Å². The molecule has 2 rings (SSSR count). The van der Waals surface area contributed by atoms with Crippen molar-refractivity contribution in [2.24, 2.45) is 0 Å². The summed E-state index contributed by atoms with van der Waals surface area (Å²) in [5.74, 6) is 0.690.